The van der Waals surface area contributed by atoms with Gasteiger partial charge in [0.1, 0.15) is 29.3 Å². The first-order valence-electron chi connectivity index (χ1n) is 12.0. The minimum Gasteiger partial charge on any atom is -0.490 e. The maximum absolute atomic E-state index is 13.4. The van der Waals surface area contributed by atoms with Gasteiger partial charge in [0.25, 0.3) is 11.5 Å². The van der Waals surface area contributed by atoms with Gasteiger partial charge in [0.2, 0.25) is 5.91 Å². The molecule has 37 heavy (non-hydrogen) atoms. The second-order valence-corrected chi connectivity index (χ2v) is 9.30. The lowest BCUT2D eigenvalue weighted by Gasteiger charge is -2.42. The van der Waals surface area contributed by atoms with E-state index in [0.29, 0.717) is 18.0 Å². The van der Waals surface area contributed by atoms with Crippen molar-refractivity contribution in [3.8, 4) is 5.75 Å². The molecule has 2 heterocycles. The van der Waals surface area contributed by atoms with Gasteiger partial charge >= 0.3 is 0 Å². The number of nitrogens with one attached hydrogen (secondary N) is 1. The molecule has 2 aromatic carbocycles. The highest BCUT2D eigenvalue weighted by Gasteiger charge is 2.42. The highest BCUT2D eigenvalue weighted by Crippen LogP contribution is 2.26. The fourth-order valence-corrected chi connectivity index (χ4v) is 4.28. The Morgan fingerprint density at radius 1 is 1.11 bits per heavy atom. The van der Waals surface area contributed by atoms with Crippen LogP contribution in [0.2, 0.25) is 0 Å². The number of rotatable bonds is 8. The Hall–Kier alpha value is -3.98. The van der Waals surface area contributed by atoms with Crippen molar-refractivity contribution in [2.45, 2.75) is 25.5 Å². The predicted octanol–water partition coefficient (Wildman–Crippen LogP) is 3.16. The summed E-state index contributed by atoms with van der Waals surface area (Å²) in [6.45, 7) is 2.58. The fourth-order valence-electron chi connectivity index (χ4n) is 4.28. The number of carbonyl (C=O) groups excluding carboxylic acids is 2. The molecule has 1 saturated heterocycles. The smallest absolute Gasteiger partial charge is 0.260 e. The highest BCUT2D eigenvalue weighted by atomic mass is 19.1. The van der Waals surface area contributed by atoms with Crippen molar-refractivity contribution < 1.29 is 23.5 Å². The zero-order chi connectivity index (χ0) is 26.4. The molecule has 1 atom stereocenters. The van der Waals surface area contributed by atoms with E-state index < -0.39 is 22.9 Å². The number of benzene rings is 2. The molecule has 0 radical (unpaired) electrons. The number of hydrogen-bond donors (Lipinski definition) is 1. The lowest BCUT2D eigenvalue weighted by atomic mass is 9.96. The van der Waals surface area contributed by atoms with E-state index in [1.54, 1.807) is 24.9 Å². The van der Waals surface area contributed by atoms with Crippen LogP contribution >= 0.6 is 0 Å². The van der Waals surface area contributed by atoms with E-state index >= 15 is 0 Å². The van der Waals surface area contributed by atoms with Crippen LogP contribution in [-0.2, 0) is 16.1 Å². The Morgan fingerprint density at radius 3 is 2.54 bits per heavy atom. The van der Waals surface area contributed by atoms with E-state index in [2.05, 4.69) is 4.98 Å². The lowest BCUT2D eigenvalue weighted by molar-refractivity contribution is -0.152. The molecule has 0 bridgehead atoms. The summed E-state index contributed by atoms with van der Waals surface area (Å²) in [7, 11) is 1.71. The third-order valence-electron chi connectivity index (χ3n) is 6.30. The van der Waals surface area contributed by atoms with Crippen LogP contribution in [0.25, 0.3) is 0 Å². The van der Waals surface area contributed by atoms with E-state index in [4.69, 9.17) is 9.47 Å². The topological polar surface area (TPSA) is 91.9 Å². The average Bonchev–Trinajstić information content (AvgIpc) is 2.89. The quantitative estimate of drug-likeness (QED) is 0.506. The summed E-state index contributed by atoms with van der Waals surface area (Å²) in [4.78, 5) is 44.7. The number of pyridine rings is 1. The van der Waals surface area contributed by atoms with Crippen molar-refractivity contribution >= 4 is 11.8 Å². The second kappa shape index (κ2) is 11.4. The van der Waals surface area contributed by atoms with Crippen molar-refractivity contribution in [1.29, 1.82) is 0 Å². The van der Waals surface area contributed by atoms with E-state index in [-0.39, 0.29) is 44.2 Å². The average molecular weight is 508 g/mol. The standard InChI is InChI=1S/C28H30FN3O5/c1-20-8-13-24(26(34)30-20)27(35)32-14-15-37-28(18-32,19-36-23-11-9-22(29)10-12-23)16-25(33)31(2)17-21-6-4-3-5-7-21/h3-13H,14-19H2,1-2H3,(H,30,34)/t28-/m0/s1. The summed E-state index contributed by atoms with van der Waals surface area (Å²) in [5.74, 6) is -0.614. The number of morpholine rings is 1. The van der Waals surface area contributed by atoms with E-state index in [1.165, 1.54) is 35.2 Å². The van der Waals surface area contributed by atoms with Crippen LogP contribution < -0.4 is 10.3 Å². The number of amides is 2. The molecule has 1 aromatic heterocycles. The number of carbonyl (C=O) groups is 2. The Labute approximate surface area is 214 Å². The molecule has 8 nitrogen and oxygen atoms in total. The fraction of sp³-hybridized carbons (Fsp3) is 0.321. The first-order chi connectivity index (χ1) is 17.7. The zero-order valence-corrected chi connectivity index (χ0v) is 20.9. The molecule has 1 N–H and O–H groups in total. The van der Waals surface area contributed by atoms with Crippen LogP contribution in [0.3, 0.4) is 0 Å². The van der Waals surface area contributed by atoms with Gasteiger partial charge in [0.05, 0.1) is 19.6 Å². The summed E-state index contributed by atoms with van der Waals surface area (Å²) in [6, 6.07) is 18.3. The van der Waals surface area contributed by atoms with Crippen LogP contribution in [0, 0.1) is 12.7 Å². The van der Waals surface area contributed by atoms with Crippen molar-refractivity contribution in [3.05, 3.63) is 99.7 Å². The Balaban J connectivity index is 1.55. The van der Waals surface area contributed by atoms with Crippen molar-refractivity contribution in [2.75, 3.05) is 33.4 Å². The van der Waals surface area contributed by atoms with Gasteiger partial charge in [-0.05, 0) is 48.9 Å². The van der Waals surface area contributed by atoms with Gasteiger partial charge in [-0.15, -0.1) is 0 Å². The molecule has 1 aliphatic heterocycles. The van der Waals surface area contributed by atoms with E-state index in [0.717, 1.165) is 5.56 Å². The third kappa shape index (κ3) is 6.62. The molecule has 0 aliphatic carbocycles. The van der Waals surface area contributed by atoms with Crippen LogP contribution in [0.4, 0.5) is 4.39 Å². The van der Waals surface area contributed by atoms with Gasteiger partial charge in [-0.1, -0.05) is 30.3 Å². The summed E-state index contributed by atoms with van der Waals surface area (Å²) in [5, 5.41) is 0. The van der Waals surface area contributed by atoms with E-state index in [1.807, 2.05) is 30.3 Å². The Morgan fingerprint density at radius 2 is 1.84 bits per heavy atom. The van der Waals surface area contributed by atoms with Crippen LogP contribution in [0.5, 0.6) is 5.75 Å². The monoisotopic (exact) mass is 507 g/mol. The third-order valence-corrected chi connectivity index (χ3v) is 6.30. The van der Waals surface area contributed by atoms with E-state index in [9.17, 15) is 18.8 Å². The molecule has 3 aromatic rings. The SMILES string of the molecule is Cc1ccc(C(=O)N2CCO[C@@](COc3ccc(F)cc3)(CC(=O)N(C)Cc3ccccc3)C2)c(=O)[nH]1. The number of aromatic nitrogens is 1. The van der Waals surface area contributed by atoms with Gasteiger partial charge in [-0.3, -0.25) is 14.4 Å². The van der Waals surface area contributed by atoms with Gasteiger partial charge in [-0.2, -0.15) is 0 Å². The predicted molar refractivity (Wildman–Crippen MR) is 136 cm³/mol. The molecule has 9 heteroatoms. The molecule has 194 valence electrons. The van der Waals surface area contributed by atoms with Gasteiger partial charge < -0.3 is 24.3 Å². The summed E-state index contributed by atoms with van der Waals surface area (Å²) < 4.78 is 25.4. The molecule has 1 aliphatic rings. The Kier molecular flexibility index (Phi) is 8.03. The molecule has 0 spiro atoms. The van der Waals surface area contributed by atoms with Gasteiger partial charge in [-0.25, -0.2) is 4.39 Å². The van der Waals surface area contributed by atoms with Crippen LogP contribution in [-0.4, -0.2) is 65.6 Å². The number of aromatic amines is 1. The Bertz CT molecular complexity index is 1300. The van der Waals surface area contributed by atoms with Crippen LogP contribution in [0.15, 0.2) is 71.5 Å². The highest BCUT2D eigenvalue weighted by molar-refractivity contribution is 5.94. The molecule has 0 saturated carbocycles. The molecular formula is C28H30FN3O5. The van der Waals surface area contributed by atoms with Gasteiger partial charge in [0.15, 0.2) is 0 Å². The van der Waals surface area contributed by atoms with Crippen molar-refractivity contribution in [1.82, 2.24) is 14.8 Å². The number of halogens is 1. The lowest BCUT2D eigenvalue weighted by Crippen LogP contribution is -2.58. The molecule has 1 fully saturated rings. The minimum atomic E-state index is -1.16. The minimum absolute atomic E-state index is 0.0216. The number of H-pyrrole nitrogens is 1. The largest absolute Gasteiger partial charge is 0.490 e. The maximum atomic E-state index is 13.4. The number of aryl methyl sites for hydroxylation is 1. The van der Waals surface area contributed by atoms with Crippen LogP contribution in [0.1, 0.15) is 28.0 Å². The number of ether oxygens (including phenoxy) is 2. The van der Waals surface area contributed by atoms with Gasteiger partial charge in [0, 0.05) is 25.8 Å². The summed E-state index contributed by atoms with van der Waals surface area (Å²) >= 11 is 0. The first kappa shape index (κ1) is 26.1. The normalized spacial score (nSPS) is 17.3. The zero-order valence-electron chi connectivity index (χ0n) is 20.9. The molecule has 4 rings (SSSR count). The number of hydrogen-bond acceptors (Lipinski definition) is 5. The first-order valence-corrected chi connectivity index (χ1v) is 12.0. The molecular weight excluding hydrogens is 477 g/mol. The summed E-state index contributed by atoms with van der Waals surface area (Å²) in [6.07, 6.45) is -0.0500. The summed E-state index contributed by atoms with van der Waals surface area (Å²) in [5.41, 5.74) is 0.0196. The number of nitrogens with zero attached hydrogens (tertiary/aromatic N) is 2. The maximum Gasteiger partial charge on any atom is 0.260 e. The molecule has 2 amide bonds. The van der Waals surface area contributed by atoms with Crippen molar-refractivity contribution in [2.24, 2.45) is 0 Å². The van der Waals surface area contributed by atoms with Crippen molar-refractivity contribution in [3.63, 3.8) is 0 Å². The second-order valence-electron chi connectivity index (χ2n) is 9.30. The molecule has 0 unspecified atom stereocenters.